The van der Waals surface area contributed by atoms with Crippen molar-refractivity contribution in [1.29, 1.82) is 0 Å². The summed E-state index contributed by atoms with van der Waals surface area (Å²) in [4.78, 5) is 15.3. The van der Waals surface area contributed by atoms with E-state index in [0.717, 1.165) is 16.5 Å². The monoisotopic (exact) mass is 284 g/mol. The highest BCUT2D eigenvalue weighted by Gasteiger charge is 2.12. The van der Waals surface area contributed by atoms with Crippen LogP contribution in [0.5, 0.6) is 5.75 Å². The van der Waals surface area contributed by atoms with Crippen molar-refractivity contribution in [2.75, 3.05) is 5.32 Å². The molecule has 0 fully saturated rings. The molecular formula is C15H12N2O2S. The zero-order valence-electron chi connectivity index (χ0n) is 10.8. The van der Waals surface area contributed by atoms with Gasteiger partial charge in [-0.25, -0.2) is 0 Å². The van der Waals surface area contributed by atoms with E-state index >= 15 is 0 Å². The summed E-state index contributed by atoms with van der Waals surface area (Å²) in [6.45, 7) is 1.40. The van der Waals surface area contributed by atoms with Gasteiger partial charge < -0.3 is 10.4 Å². The summed E-state index contributed by atoms with van der Waals surface area (Å²) in [5.41, 5.74) is 2.97. The van der Waals surface area contributed by atoms with Gasteiger partial charge in [-0.05, 0) is 46.2 Å². The number of hydrogen-bond donors (Lipinski definition) is 2. The van der Waals surface area contributed by atoms with Gasteiger partial charge in [0.1, 0.15) is 5.52 Å². The summed E-state index contributed by atoms with van der Waals surface area (Å²) in [7, 11) is 0. The highest BCUT2D eigenvalue weighted by Crippen LogP contribution is 2.36. The van der Waals surface area contributed by atoms with Crippen LogP contribution in [-0.4, -0.2) is 16.0 Å². The molecule has 2 heterocycles. The number of phenols is 1. The van der Waals surface area contributed by atoms with Crippen LogP contribution in [0.4, 0.5) is 5.69 Å². The lowest BCUT2D eigenvalue weighted by molar-refractivity contribution is -0.114. The van der Waals surface area contributed by atoms with Crippen molar-refractivity contribution in [2.45, 2.75) is 6.92 Å². The Bertz CT molecular complexity index is 782. The smallest absolute Gasteiger partial charge is 0.221 e. The molecule has 2 aromatic heterocycles. The molecule has 3 aromatic rings. The minimum absolute atomic E-state index is 0.00483. The predicted molar refractivity (Wildman–Crippen MR) is 81.0 cm³/mol. The zero-order chi connectivity index (χ0) is 14.1. The van der Waals surface area contributed by atoms with Gasteiger partial charge in [-0.1, -0.05) is 0 Å². The van der Waals surface area contributed by atoms with Gasteiger partial charge >= 0.3 is 0 Å². The third kappa shape index (κ3) is 2.12. The molecule has 0 radical (unpaired) electrons. The van der Waals surface area contributed by atoms with Crippen molar-refractivity contribution in [3.05, 3.63) is 41.2 Å². The Kier molecular flexibility index (Phi) is 3.12. The zero-order valence-corrected chi connectivity index (χ0v) is 11.6. The van der Waals surface area contributed by atoms with Gasteiger partial charge in [0, 0.05) is 18.5 Å². The van der Waals surface area contributed by atoms with E-state index in [-0.39, 0.29) is 11.7 Å². The Morgan fingerprint density at radius 2 is 2.15 bits per heavy atom. The fraction of sp³-hybridized carbons (Fsp3) is 0.0667. The van der Waals surface area contributed by atoms with E-state index in [4.69, 9.17) is 0 Å². The van der Waals surface area contributed by atoms with Gasteiger partial charge in [0.25, 0.3) is 0 Å². The third-order valence-corrected chi connectivity index (χ3v) is 3.71. The molecule has 4 nitrogen and oxygen atoms in total. The molecule has 1 amide bonds. The molecule has 0 spiro atoms. The second-order valence-electron chi connectivity index (χ2n) is 4.41. The summed E-state index contributed by atoms with van der Waals surface area (Å²) in [5.74, 6) is -0.233. The van der Waals surface area contributed by atoms with Crippen LogP contribution in [0.25, 0.3) is 22.0 Å². The first-order chi connectivity index (χ1) is 9.66. The van der Waals surface area contributed by atoms with E-state index in [1.165, 1.54) is 6.92 Å². The highest BCUT2D eigenvalue weighted by molar-refractivity contribution is 7.08. The van der Waals surface area contributed by atoms with Crippen LogP contribution in [-0.2, 0) is 4.79 Å². The second kappa shape index (κ2) is 4.94. The third-order valence-electron chi connectivity index (χ3n) is 3.03. The van der Waals surface area contributed by atoms with E-state index in [9.17, 15) is 9.90 Å². The van der Waals surface area contributed by atoms with E-state index in [2.05, 4.69) is 10.3 Å². The Morgan fingerprint density at radius 3 is 2.85 bits per heavy atom. The summed E-state index contributed by atoms with van der Waals surface area (Å²) < 4.78 is 0. The standard InChI is InChI=1S/C15H12N2O2S/c1-9(18)17-13-3-2-12-11(10-5-7-20-8-10)4-6-16-14(12)15(13)19/h2-8,19H,1H3,(H,17,18). The molecule has 0 aliphatic carbocycles. The topological polar surface area (TPSA) is 62.2 Å². The van der Waals surface area contributed by atoms with E-state index in [1.54, 1.807) is 23.6 Å². The molecule has 1 aromatic carbocycles. The molecule has 5 heteroatoms. The van der Waals surface area contributed by atoms with Gasteiger partial charge in [0.05, 0.1) is 5.69 Å². The quantitative estimate of drug-likeness (QED) is 0.706. The molecule has 20 heavy (non-hydrogen) atoms. The summed E-state index contributed by atoms with van der Waals surface area (Å²) in [5, 5.41) is 17.8. The SMILES string of the molecule is CC(=O)Nc1ccc2c(-c3ccsc3)ccnc2c1O. The number of benzene rings is 1. The molecule has 2 N–H and O–H groups in total. The minimum atomic E-state index is -0.228. The first-order valence-electron chi connectivity index (χ1n) is 6.07. The van der Waals surface area contributed by atoms with Crippen molar-refractivity contribution in [3.8, 4) is 16.9 Å². The molecule has 0 aliphatic heterocycles. The lowest BCUT2D eigenvalue weighted by Gasteiger charge is -2.10. The number of fused-ring (bicyclic) bond motifs is 1. The number of thiophene rings is 1. The molecule has 0 bridgehead atoms. The summed E-state index contributed by atoms with van der Waals surface area (Å²) in [6, 6.07) is 7.50. The Hall–Kier alpha value is -2.40. The maximum absolute atomic E-state index is 11.1. The number of anilines is 1. The summed E-state index contributed by atoms with van der Waals surface area (Å²) >= 11 is 1.62. The minimum Gasteiger partial charge on any atom is -0.504 e. The maximum atomic E-state index is 11.1. The number of aromatic hydroxyl groups is 1. The number of nitrogens with one attached hydrogen (secondary N) is 1. The fourth-order valence-corrected chi connectivity index (χ4v) is 2.82. The maximum Gasteiger partial charge on any atom is 0.221 e. The predicted octanol–water partition coefficient (Wildman–Crippen LogP) is 3.63. The van der Waals surface area contributed by atoms with Crippen LogP contribution in [0, 0.1) is 0 Å². The number of pyridine rings is 1. The Labute approximate surface area is 119 Å². The van der Waals surface area contributed by atoms with Crippen LogP contribution in [0.1, 0.15) is 6.92 Å². The number of phenolic OH excluding ortho intramolecular Hbond substituents is 1. The molecular weight excluding hydrogens is 272 g/mol. The molecule has 0 saturated heterocycles. The van der Waals surface area contributed by atoms with Gasteiger partial charge in [0.15, 0.2) is 5.75 Å². The molecule has 0 atom stereocenters. The van der Waals surface area contributed by atoms with Gasteiger partial charge in [-0.15, -0.1) is 0 Å². The van der Waals surface area contributed by atoms with Crippen LogP contribution in [0.3, 0.4) is 0 Å². The van der Waals surface area contributed by atoms with Crippen molar-refractivity contribution >= 4 is 33.8 Å². The molecule has 0 aliphatic rings. The normalized spacial score (nSPS) is 10.7. The average Bonchev–Trinajstić information content (AvgIpc) is 2.95. The number of hydrogen-bond acceptors (Lipinski definition) is 4. The van der Waals surface area contributed by atoms with Crippen molar-refractivity contribution in [2.24, 2.45) is 0 Å². The van der Waals surface area contributed by atoms with Crippen LogP contribution in [0.2, 0.25) is 0 Å². The van der Waals surface area contributed by atoms with Crippen LogP contribution in [0.15, 0.2) is 41.2 Å². The van der Waals surface area contributed by atoms with Gasteiger partial charge in [-0.2, -0.15) is 11.3 Å². The second-order valence-corrected chi connectivity index (χ2v) is 5.19. The number of amides is 1. The number of carbonyl (C=O) groups is 1. The van der Waals surface area contributed by atoms with E-state index in [1.807, 2.05) is 29.0 Å². The van der Waals surface area contributed by atoms with Gasteiger partial charge in [-0.3, -0.25) is 9.78 Å². The fourth-order valence-electron chi connectivity index (χ4n) is 2.16. The summed E-state index contributed by atoms with van der Waals surface area (Å²) in [6.07, 6.45) is 1.66. The van der Waals surface area contributed by atoms with Crippen LogP contribution >= 0.6 is 11.3 Å². The van der Waals surface area contributed by atoms with Crippen molar-refractivity contribution in [3.63, 3.8) is 0 Å². The van der Waals surface area contributed by atoms with E-state index in [0.29, 0.717) is 11.2 Å². The van der Waals surface area contributed by atoms with Crippen molar-refractivity contribution in [1.82, 2.24) is 4.98 Å². The number of nitrogens with zero attached hydrogens (tertiary/aromatic N) is 1. The first-order valence-corrected chi connectivity index (χ1v) is 7.02. The molecule has 3 rings (SSSR count). The van der Waals surface area contributed by atoms with E-state index < -0.39 is 0 Å². The largest absolute Gasteiger partial charge is 0.504 e. The first kappa shape index (κ1) is 12.6. The number of rotatable bonds is 2. The molecule has 100 valence electrons. The Balaban J connectivity index is 2.22. The van der Waals surface area contributed by atoms with Crippen molar-refractivity contribution < 1.29 is 9.90 Å². The highest BCUT2D eigenvalue weighted by atomic mass is 32.1. The Morgan fingerprint density at radius 1 is 1.30 bits per heavy atom. The molecule has 0 saturated carbocycles. The average molecular weight is 284 g/mol. The molecule has 0 unspecified atom stereocenters. The number of aromatic nitrogens is 1. The lowest BCUT2D eigenvalue weighted by atomic mass is 10.0. The number of carbonyl (C=O) groups excluding carboxylic acids is 1. The van der Waals surface area contributed by atoms with Gasteiger partial charge in [0.2, 0.25) is 5.91 Å². The van der Waals surface area contributed by atoms with Crippen LogP contribution < -0.4 is 5.32 Å². The lowest BCUT2D eigenvalue weighted by Crippen LogP contribution is -2.06.